The van der Waals surface area contributed by atoms with Crippen LogP contribution in [0.15, 0.2) is 47.8 Å². The van der Waals surface area contributed by atoms with Crippen LogP contribution >= 0.6 is 11.8 Å². The highest BCUT2D eigenvalue weighted by Crippen LogP contribution is 2.22. The molecule has 0 atom stereocenters. The highest BCUT2D eigenvalue weighted by atomic mass is 32.2. The molecule has 2 rings (SSSR count). The van der Waals surface area contributed by atoms with Crippen LogP contribution in [-0.2, 0) is 5.75 Å². The summed E-state index contributed by atoms with van der Waals surface area (Å²) in [6.07, 6.45) is 5.16. The number of hydrogen-bond acceptors (Lipinski definition) is 4. The Kier molecular flexibility index (Phi) is 3.52. The first-order valence-electron chi connectivity index (χ1n) is 4.77. The van der Waals surface area contributed by atoms with Crippen molar-refractivity contribution in [1.29, 1.82) is 5.26 Å². The maximum atomic E-state index is 8.88. The van der Waals surface area contributed by atoms with Gasteiger partial charge in [0, 0.05) is 29.2 Å². The molecule has 0 aliphatic heterocycles. The molecule has 0 bridgehead atoms. The average Bonchev–Trinajstić information content (AvgIpc) is 2.38. The average molecular weight is 227 g/mol. The summed E-state index contributed by atoms with van der Waals surface area (Å²) in [5, 5.41) is 8.88. The Hall–Kier alpha value is -1.86. The second-order valence-corrected chi connectivity index (χ2v) is 4.14. The summed E-state index contributed by atoms with van der Waals surface area (Å²) in [6.45, 7) is 0. The molecule has 4 heteroatoms. The highest BCUT2D eigenvalue weighted by molar-refractivity contribution is 7.98. The van der Waals surface area contributed by atoms with E-state index in [4.69, 9.17) is 5.26 Å². The van der Waals surface area contributed by atoms with Gasteiger partial charge >= 0.3 is 0 Å². The molecule has 78 valence electrons. The SMILES string of the molecule is N#Cc1ncccc1CSc1ccncc1. The molecule has 2 heterocycles. The van der Waals surface area contributed by atoms with E-state index >= 15 is 0 Å². The molecule has 0 radical (unpaired) electrons. The first-order chi connectivity index (χ1) is 7.90. The molecule has 0 aromatic carbocycles. The summed E-state index contributed by atoms with van der Waals surface area (Å²) in [5.74, 6) is 0.751. The summed E-state index contributed by atoms with van der Waals surface area (Å²) < 4.78 is 0. The van der Waals surface area contributed by atoms with Crippen molar-refractivity contribution < 1.29 is 0 Å². The van der Waals surface area contributed by atoms with Gasteiger partial charge in [0.15, 0.2) is 0 Å². The molecular formula is C12H9N3S. The second kappa shape index (κ2) is 5.29. The first kappa shape index (κ1) is 10.7. The van der Waals surface area contributed by atoms with Crippen molar-refractivity contribution in [2.75, 3.05) is 0 Å². The van der Waals surface area contributed by atoms with Gasteiger partial charge in [-0.2, -0.15) is 5.26 Å². The molecule has 2 aromatic rings. The van der Waals surface area contributed by atoms with Gasteiger partial charge in [0.2, 0.25) is 0 Å². The third-order valence-corrected chi connectivity index (χ3v) is 3.10. The highest BCUT2D eigenvalue weighted by Gasteiger charge is 2.02. The molecule has 0 spiro atoms. The smallest absolute Gasteiger partial charge is 0.144 e. The molecule has 3 nitrogen and oxygen atoms in total. The minimum atomic E-state index is 0.504. The zero-order valence-corrected chi connectivity index (χ0v) is 9.31. The summed E-state index contributed by atoms with van der Waals surface area (Å²) in [6, 6.07) is 9.78. The van der Waals surface area contributed by atoms with E-state index in [1.807, 2.05) is 24.3 Å². The number of pyridine rings is 2. The molecule has 0 unspecified atom stereocenters. The molecule has 0 N–H and O–H groups in total. The summed E-state index contributed by atoms with van der Waals surface area (Å²) in [4.78, 5) is 9.12. The lowest BCUT2D eigenvalue weighted by Crippen LogP contribution is -1.90. The summed E-state index contributed by atoms with van der Waals surface area (Å²) in [5.41, 5.74) is 1.47. The van der Waals surface area contributed by atoms with Crippen LogP contribution in [0.4, 0.5) is 0 Å². The Morgan fingerprint density at radius 1 is 1.19 bits per heavy atom. The van der Waals surface area contributed by atoms with E-state index in [0.717, 1.165) is 16.2 Å². The molecule has 0 aliphatic carbocycles. The van der Waals surface area contributed by atoms with E-state index in [1.54, 1.807) is 30.4 Å². The summed E-state index contributed by atoms with van der Waals surface area (Å²) >= 11 is 1.67. The molecular weight excluding hydrogens is 218 g/mol. The quantitative estimate of drug-likeness (QED) is 0.756. The van der Waals surface area contributed by atoms with Gasteiger partial charge in [-0.15, -0.1) is 11.8 Å². The Morgan fingerprint density at radius 3 is 2.75 bits per heavy atom. The van der Waals surface area contributed by atoms with Crippen LogP contribution in [0.5, 0.6) is 0 Å². The van der Waals surface area contributed by atoms with E-state index in [9.17, 15) is 0 Å². The van der Waals surface area contributed by atoms with Gasteiger partial charge in [-0.05, 0) is 23.8 Å². The lowest BCUT2D eigenvalue weighted by atomic mass is 10.2. The molecule has 0 aliphatic rings. The predicted octanol–water partition coefficient (Wildman–Crippen LogP) is 2.64. The molecule has 16 heavy (non-hydrogen) atoms. The third-order valence-electron chi connectivity index (χ3n) is 2.04. The van der Waals surface area contributed by atoms with Crippen molar-refractivity contribution >= 4 is 11.8 Å². The second-order valence-electron chi connectivity index (χ2n) is 3.09. The number of nitriles is 1. The van der Waals surface area contributed by atoms with E-state index in [1.165, 1.54) is 0 Å². The van der Waals surface area contributed by atoms with Crippen molar-refractivity contribution in [3.63, 3.8) is 0 Å². The fraction of sp³-hybridized carbons (Fsp3) is 0.0833. The van der Waals surface area contributed by atoms with Crippen molar-refractivity contribution in [3.8, 4) is 6.07 Å². The maximum absolute atomic E-state index is 8.88. The number of rotatable bonds is 3. The maximum Gasteiger partial charge on any atom is 0.144 e. The Balaban J connectivity index is 2.09. The van der Waals surface area contributed by atoms with Crippen LogP contribution in [0.1, 0.15) is 11.3 Å². The molecule has 0 saturated carbocycles. The third kappa shape index (κ3) is 2.59. The Labute approximate surface area is 98.2 Å². The van der Waals surface area contributed by atoms with Gasteiger partial charge in [0.25, 0.3) is 0 Å². The van der Waals surface area contributed by atoms with E-state index < -0.39 is 0 Å². The number of thioether (sulfide) groups is 1. The van der Waals surface area contributed by atoms with Crippen LogP contribution in [0, 0.1) is 11.3 Å². The molecule has 0 amide bonds. The Bertz CT molecular complexity index is 505. The van der Waals surface area contributed by atoms with Crippen LogP contribution in [-0.4, -0.2) is 9.97 Å². The molecule has 0 fully saturated rings. The predicted molar refractivity (Wildman–Crippen MR) is 62.8 cm³/mol. The zero-order valence-electron chi connectivity index (χ0n) is 8.50. The fourth-order valence-electron chi connectivity index (χ4n) is 1.25. The normalized spacial score (nSPS) is 9.69. The monoisotopic (exact) mass is 227 g/mol. The van der Waals surface area contributed by atoms with Gasteiger partial charge in [-0.3, -0.25) is 4.98 Å². The van der Waals surface area contributed by atoms with E-state index in [0.29, 0.717) is 5.69 Å². The lowest BCUT2D eigenvalue weighted by molar-refractivity contribution is 1.19. The van der Waals surface area contributed by atoms with Gasteiger partial charge < -0.3 is 0 Å². The molecule has 0 saturated heterocycles. The number of nitrogens with zero attached hydrogens (tertiary/aromatic N) is 3. The van der Waals surface area contributed by atoms with Crippen molar-refractivity contribution in [3.05, 3.63) is 54.1 Å². The van der Waals surface area contributed by atoms with Crippen molar-refractivity contribution in [2.24, 2.45) is 0 Å². The molecule has 2 aromatic heterocycles. The lowest BCUT2D eigenvalue weighted by Gasteiger charge is -2.02. The van der Waals surface area contributed by atoms with Gasteiger partial charge in [0.05, 0.1) is 0 Å². The van der Waals surface area contributed by atoms with Crippen LogP contribution < -0.4 is 0 Å². The minimum Gasteiger partial charge on any atom is -0.265 e. The summed E-state index contributed by atoms with van der Waals surface area (Å²) in [7, 11) is 0. The number of aromatic nitrogens is 2. The van der Waals surface area contributed by atoms with E-state index in [2.05, 4.69) is 16.0 Å². The van der Waals surface area contributed by atoms with Crippen molar-refractivity contribution in [2.45, 2.75) is 10.6 Å². The number of hydrogen-bond donors (Lipinski definition) is 0. The van der Waals surface area contributed by atoms with Gasteiger partial charge in [-0.1, -0.05) is 6.07 Å². The first-order valence-corrected chi connectivity index (χ1v) is 5.75. The van der Waals surface area contributed by atoms with Gasteiger partial charge in [0.1, 0.15) is 11.8 Å². The van der Waals surface area contributed by atoms with Crippen LogP contribution in [0.25, 0.3) is 0 Å². The zero-order chi connectivity index (χ0) is 11.2. The largest absolute Gasteiger partial charge is 0.265 e. The minimum absolute atomic E-state index is 0.504. The standard InChI is InChI=1S/C12H9N3S/c13-8-12-10(2-1-5-15-12)9-16-11-3-6-14-7-4-11/h1-7H,9H2. The fourth-order valence-corrected chi connectivity index (χ4v) is 2.12. The van der Waals surface area contributed by atoms with Crippen LogP contribution in [0.3, 0.4) is 0 Å². The van der Waals surface area contributed by atoms with Crippen molar-refractivity contribution in [1.82, 2.24) is 9.97 Å². The Morgan fingerprint density at radius 2 is 2.00 bits per heavy atom. The van der Waals surface area contributed by atoms with Gasteiger partial charge in [-0.25, -0.2) is 4.98 Å². The van der Waals surface area contributed by atoms with Crippen LogP contribution in [0.2, 0.25) is 0 Å². The van der Waals surface area contributed by atoms with E-state index in [-0.39, 0.29) is 0 Å². The topological polar surface area (TPSA) is 49.6 Å².